The van der Waals surface area contributed by atoms with Crippen molar-refractivity contribution in [2.45, 2.75) is 50.4 Å². The molecule has 0 spiro atoms. The van der Waals surface area contributed by atoms with Crippen LogP contribution in [0.1, 0.15) is 67.4 Å². The summed E-state index contributed by atoms with van der Waals surface area (Å²) in [5.41, 5.74) is 2.26. The Morgan fingerprint density at radius 2 is 1.64 bits per heavy atom. The van der Waals surface area contributed by atoms with Gasteiger partial charge in [-0.25, -0.2) is 4.98 Å². The Hall–Kier alpha value is -3.25. The molecule has 6 heteroatoms. The quantitative estimate of drug-likeness (QED) is 0.405. The molecule has 1 saturated heterocycles. The summed E-state index contributed by atoms with van der Waals surface area (Å²) in [7, 11) is 2.10. The van der Waals surface area contributed by atoms with E-state index in [4.69, 9.17) is 4.42 Å². The van der Waals surface area contributed by atoms with E-state index in [1.807, 2.05) is 36.4 Å². The van der Waals surface area contributed by atoms with Crippen molar-refractivity contribution in [1.29, 1.82) is 0 Å². The standard InChI is InChI=1S/C30H37N3O3/c1-22(34)21-27(23-9-5-3-6-10-23)28(24-11-7-4-8-12-24)26(30-32-17-20-36-30)13-16-31-29(35)25-14-18-33(2)19-15-25/h3-12,17,20,25-28H,13-16,18-19,21H2,1-2H3,(H,31,35). The minimum Gasteiger partial charge on any atom is -0.449 e. The number of ketones is 1. The van der Waals surface area contributed by atoms with E-state index in [9.17, 15) is 9.59 Å². The summed E-state index contributed by atoms with van der Waals surface area (Å²) in [4.78, 5) is 32.2. The molecule has 1 aliphatic rings. The number of aromatic nitrogens is 1. The normalized spacial score (nSPS) is 17.3. The van der Waals surface area contributed by atoms with Gasteiger partial charge in [-0.05, 0) is 63.4 Å². The molecule has 0 radical (unpaired) electrons. The Morgan fingerprint density at radius 1 is 1.00 bits per heavy atom. The van der Waals surface area contributed by atoms with Gasteiger partial charge in [-0.15, -0.1) is 0 Å². The number of benzene rings is 2. The molecule has 1 N–H and O–H groups in total. The summed E-state index contributed by atoms with van der Waals surface area (Å²) < 4.78 is 5.86. The fraction of sp³-hybridized carbons (Fsp3) is 0.433. The first-order valence-electron chi connectivity index (χ1n) is 13.0. The summed E-state index contributed by atoms with van der Waals surface area (Å²) in [6, 6.07) is 20.5. The Labute approximate surface area is 214 Å². The molecule has 6 nitrogen and oxygen atoms in total. The number of carbonyl (C=O) groups is 2. The van der Waals surface area contributed by atoms with Gasteiger partial charge in [0, 0.05) is 30.7 Å². The summed E-state index contributed by atoms with van der Waals surface area (Å²) in [6.45, 7) is 4.09. The van der Waals surface area contributed by atoms with Crippen molar-refractivity contribution in [3.8, 4) is 0 Å². The number of rotatable bonds is 11. The molecule has 3 aromatic rings. The lowest BCUT2D eigenvalue weighted by Crippen LogP contribution is -2.39. The maximum atomic E-state index is 12.9. The van der Waals surface area contributed by atoms with Crippen molar-refractivity contribution in [2.75, 3.05) is 26.7 Å². The number of hydrogen-bond donors (Lipinski definition) is 1. The van der Waals surface area contributed by atoms with E-state index in [-0.39, 0.29) is 35.4 Å². The topological polar surface area (TPSA) is 75.4 Å². The number of nitrogens with zero attached hydrogens (tertiary/aromatic N) is 2. The maximum Gasteiger partial charge on any atom is 0.223 e. The number of carbonyl (C=O) groups excluding carboxylic acids is 2. The number of amides is 1. The summed E-state index contributed by atoms with van der Waals surface area (Å²) in [6.07, 6.45) is 6.15. The van der Waals surface area contributed by atoms with E-state index in [0.29, 0.717) is 25.3 Å². The van der Waals surface area contributed by atoms with Crippen LogP contribution in [0.5, 0.6) is 0 Å². The van der Waals surface area contributed by atoms with Crippen molar-refractivity contribution in [1.82, 2.24) is 15.2 Å². The predicted molar refractivity (Wildman–Crippen MR) is 141 cm³/mol. The molecule has 0 saturated carbocycles. The molecule has 1 fully saturated rings. The lowest BCUT2D eigenvalue weighted by atomic mass is 9.71. The zero-order valence-corrected chi connectivity index (χ0v) is 21.3. The third-order valence-corrected chi connectivity index (χ3v) is 7.40. The first kappa shape index (κ1) is 25.8. The highest BCUT2D eigenvalue weighted by atomic mass is 16.3. The predicted octanol–water partition coefficient (Wildman–Crippen LogP) is 5.15. The van der Waals surface area contributed by atoms with Crippen LogP contribution < -0.4 is 5.32 Å². The zero-order valence-electron chi connectivity index (χ0n) is 21.3. The van der Waals surface area contributed by atoms with Gasteiger partial charge in [-0.1, -0.05) is 60.7 Å². The molecule has 3 unspecified atom stereocenters. The first-order chi connectivity index (χ1) is 17.5. The van der Waals surface area contributed by atoms with Crippen molar-refractivity contribution in [3.63, 3.8) is 0 Å². The smallest absolute Gasteiger partial charge is 0.223 e. The average Bonchev–Trinajstić information content (AvgIpc) is 3.43. The molecule has 1 aliphatic heterocycles. The van der Waals surface area contributed by atoms with Gasteiger partial charge in [0.25, 0.3) is 0 Å². The Balaban J connectivity index is 1.62. The SMILES string of the molecule is CC(=O)CC(c1ccccc1)C(c1ccccc1)C(CCNC(=O)C1CCN(C)CC1)c1ncco1. The second-order valence-corrected chi connectivity index (χ2v) is 9.99. The number of oxazole rings is 1. The molecule has 0 bridgehead atoms. The lowest BCUT2D eigenvalue weighted by molar-refractivity contribution is -0.126. The summed E-state index contributed by atoms with van der Waals surface area (Å²) >= 11 is 0. The molecular weight excluding hydrogens is 450 g/mol. The second kappa shape index (κ2) is 12.6. The van der Waals surface area contributed by atoms with Crippen molar-refractivity contribution in [2.24, 2.45) is 5.92 Å². The van der Waals surface area contributed by atoms with Crippen LogP contribution in [0.3, 0.4) is 0 Å². The average molecular weight is 488 g/mol. The van der Waals surface area contributed by atoms with Gasteiger partial charge in [0.05, 0.1) is 6.20 Å². The van der Waals surface area contributed by atoms with Crippen LogP contribution >= 0.6 is 0 Å². The Kier molecular flexibility index (Phi) is 9.06. The van der Waals surface area contributed by atoms with E-state index in [0.717, 1.165) is 37.1 Å². The number of Topliss-reactive ketones (excluding diaryl/α,β-unsaturated/α-hetero) is 1. The number of piperidine rings is 1. The zero-order chi connectivity index (χ0) is 25.3. The Bertz CT molecular complexity index is 1080. The maximum absolute atomic E-state index is 12.9. The minimum absolute atomic E-state index is 0.0450. The van der Waals surface area contributed by atoms with E-state index in [2.05, 4.69) is 46.5 Å². The number of likely N-dealkylation sites (tertiary alicyclic amines) is 1. The molecule has 1 amide bonds. The monoisotopic (exact) mass is 487 g/mol. The van der Waals surface area contributed by atoms with E-state index >= 15 is 0 Å². The summed E-state index contributed by atoms with van der Waals surface area (Å²) in [5, 5.41) is 3.19. The van der Waals surface area contributed by atoms with E-state index in [1.54, 1.807) is 19.4 Å². The number of nitrogens with one attached hydrogen (secondary N) is 1. The molecule has 190 valence electrons. The molecule has 1 aromatic heterocycles. The van der Waals surface area contributed by atoms with Crippen LogP contribution in [0.25, 0.3) is 0 Å². The lowest BCUT2D eigenvalue weighted by Gasteiger charge is -2.33. The van der Waals surface area contributed by atoms with Crippen molar-refractivity contribution in [3.05, 3.63) is 90.1 Å². The highest BCUT2D eigenvalue weighted by Gasteiger charge is 2.36. The van der Waals surface area contributed by atoms with Crippen LogP contribution in [-0.2, 0) is 9.59 Å². The van der Waals surface area contributed by atoms with Crippen LogP contribution in [0.15, 0.2) is 77.5 Å². The minimum atomic E-state index is -0.107. The van der Waals surface area contributed by atoms with Gasteiger partial charge in [-0.3, -0.25) is 4.79 Å². The van der Waals surface area contributed by atoms with Crippen LogP contribution in [0.4, 0.5) is 0 Å². The van der Waals surface area contributed by atoms with Gasteiger partial charge >= 0.3 is 0 Å². The molecule has 3 atom stereocenters. The van der Waals surface area contributed by atoms with E-state index < -0.39 is 0 Å². The highest BCUT2D eigenvalue weighted by molar-refractivity contribution is 5.78. The van der Waals surface area contributed by atoms with Crippen molar-refractivity contribution >= 4 is 11.7 Å². The van der Waals surface area contributed by atoms with Gasteiger partial charge in [0.15, 0.2) is 5.89 Å². The fourth-order valence-electron chi connectivity index (χ4n) is 5.52. The molecule has 0 aliphatic carbocycles. The number of hydrogen-bond acceptors (Lipinski definition) is 5. The van der Waals surface area contributed by atoms with Gasteiger partial charge in [0.1, 0.15) is 12.0 Å². The van der Waals surface area contributed by atoms with Crippen LogP contribution in [0, 0.1) is 5.92 Å². The van der Waals surface area contributed by atoms with E-state index in [1.165, 1.54) is 0 Å². The fourth-order valence-corrected chi connectivity index (χ4v) is 5.52. The molecular formula is C30H37N3O3. The van der Waals surface area contributed by atoms with Crippen LogP contribution in [0.2, 0.25) is 0 Å². The van der Waals surface area contributed by atoms with Crippen LogP contribution in [-0.4, -0.2) is 48.3 Å². The molecule has 36 heavy (non-hydrogen) atoms. The highest BCUT2D eigenvalue weighted by Crippen LogP contribution is 2.46. The molecule has 2 heterocycles. The van der Waals surface area contributed by atoms with Gasteiger partial charge in [0.2, 0.25) is 5.91 Å². The third-order valence-electron chi connectivity index (χ3n) is 7.40. The largest absolute Gasteiger partial charge is 0.449 e. The second-order valence-electron chi connectivity index (χ2n) is 9.99. The summed E-state index contributed by atoms with van der Waals surface area (Å²) in [5.74, 6) is 0.789. The molecule has 2 aromatic carbocycles. The molecule has 4 rings (SSSR count). The Morgan fingerprint density at radius 3 is 2.22 bits per heavy atom. The van der Waals surface area contributed by atoms with Crippen molar-refractivity contribution < 1.29 is 14.0 Å². The third kappa shape index (κ3) is 6.70. The van der Waals surface area contributed by atoms with Gasteiger partial charge < -0.3 is 19.4 Å². The van der Waals surface area contributed by atoms with Gasteiger partial charge in [-0.2, -0.15) is 0 Å². The first-order valence-corrected chi connectivity index (χ1v) is 13.0.